The van der Waals surface area contributed by atoms with Crippen LogP contribution in [0.15, 0.2) is 88.8 Å². The molecule has 0 saturated carbocycles. The van der Waals surface area contributed by atoms with E-state index in [0.29, 0.717) is 35.5 Å². The van der Waals surface area contributed by atoms with E-state index in [4.69, 9.17) is 9.73 Å². The van der Waals surface area contributed by atoms with Gasteiger partial charge in [-0.3, -0.25) is 19.4 Å². The minimum absolute atomic E-state index is 0.0981. The zero-order chi connectivity index (χ0) is 27.9. The molecule has 0 spiro atoms. The molecule has 3 aromatic rings. The first-order valence-electron chi connectivity index (χ1n) is 13.0. The van der Waals surface area contributed by atoms with Crippen molar-refractivity contribution in [3.05, 3.63) is 95.6 Å². The smallest absolute Gasteiger partial charge is 0.259 e. The van der Waals surface area contributed by atoms with Crippen molar-refractivity contribution in [2.45, 2.75) is 32.0 Å². The fourth-order valence-corrected chi connectivity index (χ4v) is 5.29. The first kappa shape index (κ1) is 27.1. The maximum Gasteiger partial charge on any atom is 0.259 e. The van der Waals surface area contributed by atoms with Crippen LogP contribution in [0.2, 0.25) is 0 Å². The van der Waals surface area contributed by atoms with Crippen molar-refractivity contribution in [1.82, 2.24) is 15.5 Å². The Labute approximate surface area is 236 Å². The van der Waals surface area contributed by atoms with Gasteiger partial charge in [0.15, 0.2) is 5.17 Å². The molecule has 5 rings (SSSR count). The Kier molecular flexibility index (Phi) is 8.56. The zero-order valence-electron chi connectivity index (χ0n) is 22.0. The second-order valence-electron chi connectivity index (χ2n) is 9.23. The highest BCUT2D eigenvalue weighted by Gasteiger charge is 2.41. The third kappa shape index (κ3) is 6.23. The Bertz CT molecular complexity index is 1470. The number of methoxy groups -OCH3 is 1. The van der Waals surface area contributed by atoms with E-state index in [0.717, 1.165) is 16.7 Å². The quantitative estimate of drug-likeness (QED) is 0.395. The van der Waals surface area contributed by atoms with E-state index in [9.17, 15) is 14.4 Å². The van der Waals surface area contributed by atoms with E-state index in [1.807, 2.05) is 78.9 Å². The van der Waals surface area contributed by atoms with Crippen LogP contribution >= 0.6 is 11.8 Å². The molecule has 40 heavy (non-hydrogen) atoms. The van der Waals surface area contributed by atoms with Crippen LogP contribution in [0.4, 0.5) is 5.69 Å². The normalized spacial score (nSPS) is 15.5. The summed E-state index contributed by atoms with van der Waals surface area (Å²) in [5.41, 5.74) is 3.31. The molecule has 0 fully saturated rings. The first-order chi connectivity index (χ1) is 19.5. The molecule has 0 bridgehead atoms. The van der Waals surface area contributed by atoms with Gasteiger partial charge in [-0.05, 0) is 30.2 Å². The number of rotatable bonds is 10. The molecule has 2 aliphatic heterocycles. The zero-order valence-corrected chi connectivity index (χ0v) is 22.8. The third-order valence-electron chi connectivity index (χ3n) is 6.53. The molecule has 204 valence electrons. The number of thioether (sulfide) groups is 1. The van der Waals surface area contributed by atoms with Crippen molar-refractivity contribution in [2.75, 3.05) is 12.9 Å². The monoisotopic (exact) mass is 555 g/mol. The third-order valence-corrected chi connectivity index (χ3v) is 7.46. The standard InChI is InChI=1S/C30H29N5O4S/c1-39-25-14-8-5-11-21(25)18-32-26(36)16-15-24-29(38)35-28(33-24)22-12-6-7-13-23(22)34-30(35)40-19-27(37)31-17-20-9-3-2-4-10-20/h2-14,24H,15-19H2,1H3,(H,31,37)(H,32,36)/t24-/m1/s1. The lowest BCUT2D eigenvalue weighted by atomic mass is 10.1. The minimum atomic E-state index is -0.712. The van der Waals surface area contributed by atoms with Crippen LogP contribution in [0.1, 0.15) is 29.5 Å². The van der Waals surface area contributed by atoms with Gasteiger partial charge in [0.05, 0.1) is 18.6 Å². The number of ether oxygens (including phenoxy) is 1. The number of hydrogen-bond acceptors (Lipinski definition) is 7. The molecule has 2 aliphatic rings. The molecule has 3 amide bonds. The highest BCUT2D eigenvalue weighted by molar-refractivity contribution is 8.14. The predicted molar refractivity (Wildman–Crippen MR) is 156 cm³/mol. The molecule has 0 saturated heterocycles. The second-order valence-corrected chi connectivity index (χ2v) is 10.2. The van der Waals surface area contributed by atoms with Gasteiger partial charge < -0.3 is 15.4 Å². The van der Waals surface area contributed by atoms with Crippen molar-refractivity contribution in [3.63, 3.8) is 0 Å². The lowest BCUT2D eigenvalue weighted by molar-refractivity contribution is -0.125. The number of fused-ring (bicyclic) bond motifs is 3. The largest absolute Gasteiger partial charge is 0.496 e. The summed E-state index contributed by atoms with van der Waals surface area (Å²) in [7, 11) is 1.59. The molecular formula is C30H29N5O4S. The van der Waals surface area contributed by atoms with Gasteiger partial charge in [-0.1, -0.05) is 72.4 Å². The fraction of sp³-hybridized carbons (Fsp3) is 0.233. The van der Waals surface area contributed by atoms with Crippen LogP contribution in [0.25, 0.3) is 0 Å². The SMILES string of the molecule is COc1ccccc1CNC(=O)CC[C@H]1N=C2c3ccccc3N=C(SCC(=O)NCc3ccccc3)N2C1=O. The van der Waals surface area contributed by atoms with E-state index < -0.39 is 6.04 Å². The van der Waals surface area contributed by atoms with Gasteiger partial charge in [0.1, 0.15) is 17.6 Å². The van der Waals surface area contributed by atoms with E-state index in [1.54, 1.807) is 7.11 Å². The number of carbonyl (C=O) groups excluding carboxylic acids is 3. The van der Waals surface area contributed by atoms with Gasteiger partial charge in [-0.25, -0.2) is 9.89 Å². The molecule has 3 aromatic carbocycles. The summed E-state index contributed by atoms with van der Waals surface area (Å²) in [6.07, 6.45) is 0.396. The number of carbonyl (C=O) groups is 3. The highest BCUT2D eigenvalue weighted by atomic mass is 32.2. The molecule has 2 N–H and O–H groups in total. The summed E-state index contributed by atoms with van der Waals surface area (Å²) in [5, 5.41) is 6.19. The van der Waals surface area contributed by atoms with Crippen LogP contribution in [0.5, 0.6) is 5.75 Å². The van der Waals surface area contributed by atoms with Crippen molar-refractivity contribution in [3.8, 4) is 5.75 Å². The number of para-hydroxylation sites is 2. The van der Waals surface area contributed by atoms with Crippen LogP contribution in [0.3, 0.4) is 0 Å². The summed E-state index contributed by atoms with van der Waals surface area (Å²) >= 11 is 1.19. The minimum Gasteiger partial charge on any atom is -0.496 e. The molecule has 2 heterocycles. The fourth-order valence-electron chi connectivity index (χ4n) is 4.46. The summed E-state index contributed by atoms with van der Waals surface area (Å²) < 4.78 is 5.34. The second kappa shape index (κ2) is 12.6. The number of nitrogens with one attached hydrogen (secondary N) is 2. The first-order valence-corrected chi connectivity index (χ1v) is 13.9. The van der Waals surface area contributed by atoms with Crippen molar-refractivity contribution in [2.24, 2.45) is 9.98 Å². The Balaban J connectivity index is 1.21. The molecule has 0 aliphatic carbocycles. The molecule has 0 unspecified atom stereocenters. The van der Waals surface area contributed by atoms with Crippen LogP contribution in [-0.4, -0.2) is 52.5 Å². The highest BCUT2D eigenvalue weighted by Crippen LogP contribution is 2.34. The summed E-state index contributed by atoms with van der Waals surface area (Å²) in [4.78, 5) is 49.5. The molecule has 0 aromatic heterocycles. The number of amides is 3. The topological polar surface area (TPSA) is 112 Å². The van der Waals surface area contributed by atoms with Gasteiger partial charge in [0.2, 0.25) is 11.8 Å². The van der Waals surface area contributed by atoms with E-state index in [1.165, 1.54) is 16.7 Å². The molecule has 0 radical (unpaired) electrons. The average Bonchev–Trinajstić information content (AvgIpc) is 3.33. The predicted octanol–water partition coefficient (Wildman–Crippen LogP) is 3.80. The molecule has 1 atom stereocenters. The maximum absolute atomic E-state index is 13.5. The van der Waals surface area contributed by atoms with E-state index in [2.05, 4.69) is 15.6 Å². The van der Waals surface area contributed by atoms with Crippen LogP contribution in [-0.2, 0) is 27.5 Å². The Morgan fingerprint density at radius 1 is 0.925 bits per heavy atom. The van der Waals surface area contributed by atoms with E-state index in [-0.39, 0.29) is 36.3 Å². The van der Waals surface area contributed by atoms with Gasteiger partial charge >= 0.3 is 0 Å². The van der Waals surface area contributed by atoms with Crippen molar-refractivity contribution in [1.29, 1.82) is 0 Å². The Morgan fingerprint density at radius 3 is 2.48 bits per heavy atom. The number of hydrogen-bond donors (Lipinski definition) is 2. The van der Waals surface area contributed by atoms with Gasteiger partial charge in [0.25, 0.3) is 5.91 Å². The van der Waals surface area contributed by atoms with E-state index >= 15 is 0 Å². The molecular weight excluding hydrogens is 526 g/mol. The Hall–Kier alpha value is -4.44. The van der Waals surface area contributed by atoms with Crippen molar-refractivity contribution >= 4 is 46.2 Å². The van der Waals surface area contributed by atoms with Crippen molar-refractivity contribution < 1.29 is 19.1 Å². The van der Waals surface area contributed by atoms with Gasteiger partial charge in [-0.2, -0.15) is 0 Å². The number of aliphatic imine (C=N–C) groups is 2. The summed E-state index contributed by atoms with van der Waals surface area (Å²) in [6.45, 7) is 0.751. The number of amidine groups is 2. The van der Waals surface area contributed by atoms with Gasteiger partial charge in [-0.15, -0.1) is 0 Å². The maximum atomic E-state index is 13.5. The molecule has 9 nitrogen and oxygen atoms in total. The van der Waals surface area contributed by atoms with Gasteiger partial charge in [0, 0.05) is 30.6 Å². The average molecular weight is 556 g/mol. The lowest BCUT2D eigenvalue weighted by Gasteiger charge is -2.25. The molecule has 10 heteroatoms. The number of nitrogens with zero attached hydrogens (tertiary/aromatic N) is 3. The summed E-state index contributed by atoms with van der Waals surface area (Å²) in [6, 6.07) is 23.9. The van der Waals surface area contributed by atoms with Crippen LogP contribution in [0, 0.1) is 0 Å². The lowest BCUT2D eigenvalue weighted by Crippen LogP contribution is -2.41. The summed E-state index contributed by atoms with van der Waals surface area (Å²) in [5.74, 6) is 0.710. The van der Waals surface area contributed by atoms with Crippen LogP contribution < -0.4 is 15.4 Å². The number of benzene rings is 3. The Morgan fingerprint density at radius 2 is 1.65 bits per heavy atom.